The molecule has 0 spiro atoms. The van der Waals surface area contributed by atoms with Crippen LogP contribution in [0, 0.1) is 0 Å². The number of benzene rings is 1. The molecule has 0 atom stereocenters. The van der Waals surface area contributed by atoms with Crippen molar-refractivity contribution in [2.45, 2.75) is 6.92 Å². The molecule has 0 bridgehead atoms. The Morgan fingerprint density at radius 3 is 2.61 bits per heavy atom. The lowest BCUT2D eigenvalue weighted by Crippen LogP contribution is -1.94. The number of carbonyl (C=O) groups excluding carboxylic acids is 1. The summed E-state index contributed by atoms with van der Waals surface area (Å²) in [5.41, 5.74) is 1.29. The third kappa shape index (κ3) is 1.99. The van der Waals surface area contributed by atoms with Gasteiger partial charge in [-0.15, -0.1) is 0 Å². The second-order valence-corrected chi connectivity index (χ2v) is 3.77. The van der Waals surface area contributed by atoms with Gasteiger partial charge in [0.25, 0.3) is 0 Å². The molecule has 2 rings (SSSR count). The van der Waals surface area contributed by atoms with Gasteiger partial charge in [0.15, 0.2) is 11.5 Å². The number of aldehydes is 1. The quantitative estimate of drug-likeness (QED) is 0.604. The molecule has 0 N–H and O–H groups in total. The number of hydrogen-bond acceptors (Lipinski definition) is 5. The highest BCUT2D eigenvalue weighted by Gasteiger charge is 2.26. The van der Waals surface area contributed by atoms with E-state index in [1.807, 2.05) is 0 Å². The number of fused-ring (bicyclic) bond motifs is 1. The standard InChI is InChI=1S/C13H14O5/c1-8(6-14)4-9-5-10(15-2)12-13(11(9)16-3)18-7-17-12/h4-6H,7H2,1-3H3/b8-4-. The van der Waals surface area contributed by atoms with E-state index in [-0.39, 0.29) is 6.79 Å². The average molecular weight is 250 g/mol. The first-order valence-corrected chi connectivity index (χ1v) is 5.39. The summed E-state index contributed by atoms with van der Waals surface area (Å²) in [6.07, 6.45) is 2.48. The summed E-state index contributed by atoms with van der Waals surface area (Å²) in [5.74, 6) is 2.11. The molecule has 0 radical (unpaired) electrons. The lowest BCUT2D eigenvalue weighted by molar-refractivity contribution is -0.104. The van der Waals surface area contributed by atoms with Gasteiger partial charge < -0.3 is 18.9 Å². The fourth-order valence-electron chi connectivity index (χ4n) is 1.78. The second-order valence-electron chi connectivity index (χ2n) is 3.77. The Morgan fingerprint density at radius 1 is 1.28 bits per heavy atom. The van der Waals surface area contributed by atoms with Gasteiger partial charge in [-0.25, -0.2) is 0 Å². The van der Waals surface area contributed by atoms with Crippen LogP contribution in [0.3, 0.4) is 0 Å². The van der Waals surface area contributed by atoms with Crippen LogP contribution in [0.5, 0.6) is 23.0 Å². The van der Waals surface area contributed by atoms with Crippen molar-refractivity contribution in [3.05, 3.63) is 17.2 Å². The van der Waals surface area contributed by atoms with Crippen LogP contribution >= 0.6 is 0 Å². The fourth-order valence-corrected chi connectivity index (χ4v) is 1.78. The van der Waals surface area contributed by atoms with E-state index in [0.29, 0.717) is 34.1 Å². The third-order valence-corrected chi connectivity index (χ3v) is 2.58. The van der Waals surface area contributed by atoms with E-state index in [1.165, 1.54) is 7.11 Å². The van der Waals surface area contributed by atoms with Gasteiger partial charge in [-0.05, 0) is 24.6 Å². The summed E-state index contributed by atoms with van der Waals surface area (Å²) >= 11 is 0. The second kappa shape index (κ2) is 5.00. The van der Waals surface area contributed by atoms with E-state index in [1.54, 1.807) is 26.2 Å². The van der Waals surface area contributed by atoms with Crippen molar-refractivity contribution in [3.8, 4) is 23.0 Å². The fraction of sp³-hybridized carbons (Fsp3) is 0.308. The van der Waals surface area contributed by atoms with Crippen molar-refractivity contribution in [1.29, 1.82) is 0 Å². The maximum Gasteiger partial charge on any atom is 0.231 e. The van der Waals surface area contributed by atoms with Crippen LogP contribution in [0.2, 0.25) is 0 Å². The molecule has 0 saturated heterocycles. The van der Waals surface area contributed by atoms with Crippen molar-refractivity contribution in [3.63, 3.8) is 0 Å². The van der Waals surface area contributed by atoms with Crippen LogP contribution in [0.4, 0.5) is 0 Å². The maximum absolute atomic E-state index is 10.7. The molecule has 0 unspecified atom stereocenters. The van der Waals surface area contributed by atoms with E-state index in [9.17, 15) is 4.79 Å². The van der Waals surface area contributed by atoms with Gasteiger partial charge >= 0.3 is 0 Å². The first kappa shape index (κ1) is 12.3. The van der Waals surface area contributed by atoms with Crippen molar-refractivity contribution < 1.29 is 23.7 Å². The average Bonchev–Trinajstić information content (AvgIpc) is 2.86. The van der Waals surface area contributed by atoms with E-state index in [4.69, 9.17) is 18.9 Å². The van der Waals surface area contributed by atoms with Crippen LogP contribution in [-0.2, 0) is 4.79 Å². The summed E-state index contributed by atoms with van der Waals surface area (Å²) in [5, 5.41) is 0. The van der Waals surface area contributed by atoms with Gasteiger partial charge in [-0.3, -0.25) is 4.79 Å². The van der Waals surface area contributed by atoms with E-state index >= 15 is 0 Å². The highest BCUT2D eigenvalue weighted by atomic mass is 16.7. The van der Waals surface area contributed by atoms with Crippen molar-refractivity contribution in [2.24, 2.45) is 0 Å². The minimum Gasteiger partial charge on any atom is -0.493 e. The van der Waals surface area contributed by atoms with Gasteiger partial charge in [0, 0.05) is 5.56 Å². The lowest BCUT2D eigenvalue weighted by atomic mass is 10.1. The first-order chi connectivity index (χ1) is 8.71. The van der Waals surface area contributed by atoms with Crippen LogP contribution in [0.1, 0.15) is 12.5 Å². The molecule has 1 heterocycles. The van der Waals surface area contributed by atoms with Gasteiger partial charge in [0.1, 0.15) is 6.29 Å². The minimum atomic E-state index is 0.127. The zero-order valence-electron chi connectivity index (χ0n) is 10.5. The Hall–Kier alpha value is -2.17. The Balaban J connectivity index is 2.62. The van der Waals surface area contributed by atoms with Gasteiger partial charge in [0.2, 0.25) is 18.3 Å². The molecular weight excluding hydrogens is 236 g/mol. The number of carbonyl (C=O) groups is 1. The van der Waals surface area contributed by atoms with E-state index < -0.39 is 0 Å². The predicted octanol–water partition coefficient (Wildman–Crippen LogP) is 2.03. The van der Waals surface area contributed by atoms with Gasteiger partial charge in [0.05, 0.1) is 14.2 Å². The van der Waals surface area contributed by atoms with Crippen LogP contribution in [-0.4, -0.2) is 27.3 Å². The molecule has 18 heavy (non-hydrogen) atoms. The Morgan fingerprint density at radius 2 is 2.00 bits per heavy atom. The maximum atomic E-state index is 10.7. The summed E-state index contributed by atoms with van der Waals surface area (Å²) in [7, 11) is 3.08. The molecule has 1 aliphatic rings. The molecular formula is C13H14O5. The van der Waals surface area contributed by atoms with Crippen molar-refractivity contribution in [1.82, 2.24) is 0 Å². The van der Waals surface area contributed by atoms with Gasteiger partial charge in [-0.1, -0.05) is 0 Å². The summed E-state index contributed by atoms with van der Waals surface area (Å²) in [6, 6.07) is 1.75. The number of allylic oxidation sites excluding steroid dienone is 1. The number of methoxy groups -OCH3 is 2. The normalized spacial score (nSPS) is 13.4. The highest BCUT2D eigenvalue weighted by Crippen LogP contribution is 2.49. The molecule has 1 aromatic rings. The molecule has 0 aliphatic carbocycles. The topological polar surface area (TPSA) is 54.0 Å². The van der Waals surface area contributed by atoms with E-state index in [2.05, 4.69) is 0 Å². The molecule has 1 aliphatic heterocycles. The highest BCUT2D eigenvalue weighted by molar-refractivity contribution is 5.83. The molecule has 0 saturated carbocycles. The SMILES string of the molecule is COc1cc(/C=C(/C)C=O)c(OC)c2c1OCO2. The molecule has 5 heteroatoms. The number of rotatable bonds is 4. The van der Waals surface area contributed by atoms with Crippen molar-refractivity contribution in [2.75, 3.05) is 21.0 Å². The number of hydrogen-bond donors (Lipinski definition) is 0. The largest absolute Gasteiger partial charge is 0.493 e. The molecule has 1 aromatic carbocycles. The summed E-state index contributed by atoms with van der Waals surface area (Å²) in [6.45, 7) is 1.84. The zero-order valence-corrected chi connectivity index (χ0v) is 10.5. The van der Waals surface area contributed by atoms with Crippen LogP contribution < -0.4 is 18.9 Å². The number of ether oxygens (including phenoxy) is 4. The summed E-state index contributed by atoms with van der Waals surface area (Å²) in [4.78, 5) is 10.7. The van der Waals surface area contributed by atoms with Crippen LogP contribution in [0.15, 0.2) is 11.6 Å². The molecule has 0 fully saturated rings. The van der Waals surface area contributed by atoms with Crippen molar-refractivity contribution >= 4 is 12.4 Å². The Labute approximate surface area is 105 Å². The Kier molecular flexibility index (Phi) is 3.41. The Bertz CT molecular complexity index is 505. The lowest BCUT2D eigenvalue weighted by Gasteiger charge is -2.11. The molecule has 0 amide bonds. The first-order valence-electron chi connectivity index (χ1n) is 5.39. The minimum absolute atomic E-state index is 0.127. The molecule has 96 valence electrons. The predicted molar refractivity (Wildman–Crippen MR) is 65.4 cm³/mol. The van der Waals surface area contributed by atoms with E-state index in [0.717, 1.165) is 6.29 Å². The molecule has 5 nitrogen and oxygen atoms in total. The molecule has 0 aromatic heterocycles. The van der Waals surface area contributed by atoms with Crippen LogP contribution in [0.25, 0.3) is 6.08 Å². The smallest absolute Gasteiger partial charge is 0.231 e. The van der Waals surface area contributed by atoms with Gasteiger partial charge in [-0.2, -0.15) is 0 Å². The summed E-state index contributed by atoms with van der Waals surface area (Å²) < 4.78 is 21.3. The third-order valence-electron chi connectivity index (χ3n) is 2.58. The monoisotopic (exact) mass is 250 g/mol. The zero-order chi connectivity index (χ0) is 13.1.